The molecule has 26 heavy (non-hydrogen) atoms. The minimum Gasteiger partial charge on any atom is -0.503 e. The third kappa shape index (κ3) is 4.29. The molecule has 0 aliphatic heterocycles. The molecule has 6 nitrogen and oxygen atoms in total. The topological polar surface area (TPSA) is 70.5 Å². The van der Waals surface area contributed by atoms with Gasteiger partial charge in [0.25, 0.3) is 0 Å². The normalized spacial score (nSPS) is 11.8. The maximum atomic E-state index is 12.9. The lowest BCUT2D eigenvalue weighted by molar-refractivity contribution is -0.137. The van der Waals surface area contributed by atoms with Gasteiger partial charge in [-0.3, -0.25) is 0 Å². The highest BCUT2D eigenvalue weighted by molar-refractivity contribution is 6.17. The zero-order chi connectivity index (χ0) is 19.3. The summed E-state index contributed by atoms with van der Waals surface area (Å²) in [6, 6.07) is 4.30. The number of aromatic nitrogens is 2. The molecule has 2 aromatic rings. The van der Waals surface area contributed by atoms with Crippen LogP contribution in [-0.4, -0.2) is 30.2 Å². The molecule has 0 radical (unpaired) electrons. The third-order valence-electron chi connectivity index (χ3n) is 3.29. The summed E-state index contributed by atoms with van der Waals surface area (Å²) in [7, 11) is 2.51. The second-order valence-corrected chi connectivity index (χ2v) is 5.03. The number of halogens is 3. The van der Waals surface area contributed by atoms with Gasteiger partial charge in [0.2, 0.25) is 5.88 Å². The summed E-state index contributed by atoms with van der Waals surface area (Å²) in [5.74, 6) is -0.940. The van der Waals surface area contributed by atoms with Crippen molar-refractivity contribution in [2.75, 3.05) is 14.2 Å². The zero-order valence-corrected chi connectivity index (χ0v) is 14.1. The van der Waals surface area contributed by atoms with Crippen molar-refractivity contribution in [1.29, 1.82) is 0 Å². The summed E-state index contributed by atoms with van der Waals surface area (Å²) >= 11 is 0. The Morgan fingerprint density at radius 1 is 1.19 bits per heavy atom. The van der Waals surface area contributed by atoms with Crippen molar-refractivity contribution in [3.63, 3.8) is 0 Å². The van der Waals surface area contributed by atoms with Crippen LogP contribution in [0, 0.1) is 6.92 Å². The molecule has 0 saturated heterocycles. The predicted octanol–water partition coefficient (Wildman–Crippen LogP) is 3.76. The Hall–Kier alpha value is -3.10. The van der Waals surface area contributed by atoms with E-state index >= 15 is 0 Å². The number of methoxy groups -OCH3 is 2. The number of hydrogen-bond donors (Lipinski definition) is 0. The van der Waals surface area contributed by atoms with Crippen molar-refractivity contribution in [1.82, 2.24) is 9.97 Å². The zero-order valence-electron chi connectivity index (χ0n) is 14.1. The van der Waals surface area contributed by atoms with Gasteiger partial charge in [0, 0.05) is 0 Å². The molecule has 0 saturated carbocycles. The molecule has 0 unspecified atom stereocenters. The summed E-state index contributed by atoms with van der Waals surface area (Å²) in [4.78, 5) is 19.9. The summed E-state index contributed by atoms with van der Waals surface area (Å²) in [6.07, 6.45) is -2.23. The first-order valence-corrected chi connectivity index (χ1v) is 7.26. The van der Waals surface area contributed by atoms with Crippen LogP contribution in [0.3, 0.4) is 0 Å². The Bertz CT molecular complexity index is 835. The molecule has 0 spiro atoms. The Kier molecular flexibility index (Phi) is 5.81. The minimum absolute atomic E-state index is 0.0323. The van der Waals surface area contributed by atoms with Crippen LogP contribution in [0.15, 0.2) is 36.9 Å². The highest BCUT2D eigenvalue weighted by Gasteiger charge is 2.31. The molecule has 0 amide bonds. The maximum Gasteiger partial charge on any atom is 0.416 e. The number of benzene rings is 1. The molecular weight excluding hydrogens is 353 g/mol. The molecular formula is C17H15F3N2O4. The van der Waals surface area contributed by atoms with E-state index in [1.165, 1.54) is 32.7 Å². The fourth-order valence-corrected chi connectivity index (χ4v) is 2.12. The highest BCUT2D eigenvalue weighted by Crippen LogP contribution is 2.34. The Morgan fingerprint density at radius 3 is 2.54 bits per heavy atom. The van der Waals surface area contributed by atoms with Gasteiger partial charge < -0.3 is 14.2 Å². The Balaban J connectivity index is 2.51. The Labute approximate surface area is 147 Å². The number of rotatable bonds is 5. The van der Waals surface area contributed by atoms with Gasteiger partial charge in [-0.1, -0.05) is 6.07 Å². The second kappa shape index (κ2) is 7.85. The lowest BCUT2D eigenvalue weighted by Gasteiger charge is -2.14. The van der Waals surface area contributed by atoms with E-state index in [2.05, 4.69) is 9.97 Å². The molecule has 1 heterocycles. The molecule has 2 rings (SSSR count). The van der Waals surface area contributed by atoms with E-state index in [1.54, 1.807) is 6.92 Å². The quantitative estimate of drug-likeness (QED) is 0.455. The van der Waals surface area contributed by atoms with E-state index < -0.39 is 17.7 Å². The highest BCUT2D eigenvalue weighted by atomic mass is 19.4. The molecule has 9 heteroatoms. The van der Waals surface area contributed by atoms with Gasteiger partial charge in [0.05, 0.1) is 37.3 Å². The molecule has 1 aromatic carbocycles. The summed E-state index contributed by atoms with van der Waals surface area (Å²) in [6.45, 7) is 1.59. The van der Waals surface area contributed by atoms with Gasteiger partial charge in [0.1, 0.15) is 17.6 Å². The van der Waals surface area contributed by atoms with E-state index in [4.69, 9.17) is 14.2 Å². The number of esters is 1. The van der Waals surface area contributed by atoms with E-state index in [-0.39, 0.29) is 22.8 Å². The first kappa shape index (κ1) is 19.2. The number of ether oxygens (including phenoxy) is 3. The van der Waals surface area contributed by atoms with Crippen LogP contribution in [-0.2, 0) is 20.4 Å². The molecule has 0 atom stereocenters. The van der Waals surface area contributed by atoms with E-state index in [1.807, 2.05) is 0 Å². The number of nitrogens with zero attached hydrogens (tertiary/aromatic N) is 2. The van der Waals surface area contributed by atoms with Crippen molar-refractivity contribution in [2.24, 2.45) is 0 Å². The van der Waals surface area contributed by atoms with Crippen molar-refractivity contribution < 1.29 is 32.2 Å². The monoisotopic (exact) mass is 368 g/mol. The summed E-state index contributed by atoms with van der Waals surface area (Å²) in [5.41, 5.74) is -0.396. The van der Waals surface area contributed by atoms with Crippen LogP contribution in [0.1, 0.15) is 16.8 Å². The number of hydrogen-bond acceptors (Lipinski definition) is 6. The number of aryl methyl sites for hydroxylation is 1. The number of carbonyl (C=O) groups is 1. The van der Waals surface area contributed by atoms with Gasteiger partial charge in [-0.25, -0.2) is 14.8 Å². The minimum atomic E-state index is -4.52. The Morgan fingerprint density at radius 2 is 1.92 bits per heavy atom. The van der Waals surface area contributed by atoms with Crippen LogP contribution >= 0.6 is 0 Å². The first-order valence-electron chi connectivity index (χ1n) is 7.26. The smallest absolute Gasteiger partial charge is 0.416 e. The molecule has 138 valence electrons. The molecule has 0 aliphatic rings. The van der Waals surface area contributed by atoms with Crippen LogP contribution in [0.4, 0.5) is 13.2 Å². The summed E-state index contributed by atoms with van der Waals surface area (Å²) in [5, 5.41) is 0. The maximum absolute atomic E-state index is 12.9. The first-order chi connectivity index (χ1) is 12.3. The predicted molar refractivity (Wildman–Crippen MR) is 85.3 cm³/mol. The van der Waals surface area contributed by atoms with Crippen LogP contribution in [0.25, 0.3) is 5.57 Å². The molecule has 0 N–H and O–H groups in total. The van der Waals surface area contributed by atoms with Crippen LogP contribution in [0.2, 0.25) is 0 Å². The van der Waals surface area contributed by atoms with Gasteiger partial charge in [-0.05, 0) is 25.1 Å². The largest absolute Gasteiger partial charge is 0.503 e. The van der Waals surface area contributed by atoms with Gasteiger partial charge in [-0.15, -0.1) is 0 Å². The molecule has 0 bridgehead atoms. The van der Waals surface area contributed by atoms with Gasteiger partial charge in [0.15, 0.2) is 0 Å². The van der Waals surface area contributed by atoms with Crippen LogP contribution in [0.5, 0.6) is 11.6 Å². The van der Waals surface area contributed by atoms with Crippen molar-refractivity contribution >= 4 is 11.5 Å². The van der Waals surface area contributed by atoms with Gasteiger partial charge in [-0.2, -0.15) is 13.2 Å². The fourth-order valence-electron chi connectivity index (χ4n) is 2.12. The van der Waals surface area contributed by atoms with Crippen LogP contribution < -0.4 is 4.74 Å². The van der Waals surface area contributed by atoms with Crippen molar-refractivity contribution in [3.05, 3.63) is 53.7 Å². The van der Waals surface area contributed by atoms with E-state index in [9.17, 15) is 18.0 Å². The number of carbonyl (C=O) groups excluding carboxylic acids is 1. The number of alkyl halides is 3. The molecule has 1 aromatic heterocycles. The van der Waals surface area contributed by atoms with Crippen molar-refractivity contribution in [3.8, 4) is 11.6 Å². The van der Waals surface area contributed by atoms with E-state index in [0.717, 1.165) is 18.4 Å². The summed E-state index contributed by atoms with van der Waals surface area (Å²) < 4.78 is 53.7. The lowest BCUT2D eigenvalue weighted by Crippen LogP contribution is -2.09. The van der Waals surface area contributed by atoms with E-state index in [0.29, 0.717) is 5.69 Å². The molecule has 0 fully saturated rings. The third-order valence-corrected chi connectivity index (χ3v) is 3.29. The molecule has 0 aliphatic carbocycles. The average molecular weight is 368 g/mol. The lowest BCUT2D eigenvalue weighted by atomic mass is 10.1. The van der Waals surface area contributed by atoms with Crippen molar-refractivity contribution in [2.45, 2.75) is 13.1 Å². The second-order valence-electron chi connectivity index (χ2n) is 5.03. The SMILES string of the molecule is CO/C=C(\C(=O)OC)c1c(C)ncnc1Oc1cccc(C(F)(F)F)c1. The standard InChI is InChI=1S/C17H15F3N2O4/c1-10-14(13(8-24-2)16(23)25-3)15(22-9-21-10)26-12-6-4-5-11(7-12)17(18,19)20/h4-9H,1-3H3/b13-8-. The fraction of sp³-hybridized carbons (Fsp3) is 0.235. The van der Waals surface area contributed by atoms with Gasteiger partial charge >= 0.3 is 12.1 Å². The average Bonchev–Trinajstić information content (AvgIpc) is 2.59.